The normalized spacial score (nSPS) is 10.2. The second kappa shape index (κ2) is 5.49. The van der Waals surface area contributed by atoms with Crippen molar-refractivity contribution in [2.45, 2.75) is 6.54 Å². The fourth-order valence-electron chi connectivity index (χ4n) is 1.71. The monoisotopic (exact) mass is 257 g/mol. The number of hydrogen-bond donors (Lipinski definition) is 2. The molecule has 0 saturated heterocycles. The number of aromatic nitrogens is 1. The summed E-state index contributed by atoms with van der Waals surface area (Å²) in [7, 11) is 1.69. The summed E-state index contributed by atoms with van der Waals surface area (Å²) in [6.07, 6.45) is 1.41. The molecule has 0 atom stereocenters. The summed E-state index contributed by atoms with van der Waals surface area (Å²) in [6, 6.07) is 10.3. The molecule has 0 aliphatic heterocycles. The number of nitrogens with one attached hydrogen (secondary N) is 1. The first-order chi connectivity index (χ1) is 9.11. The van der Waals surface area contributed by atoms with Crippen LogP contribution in [-0.4, -0.2) is 17.9 Å². The Morgan fingerprint density at radius 2 is 1.89 bits per heavy atom. The minimum atomic E-state index is -0.230. The topological polar surface area (TPSA) is 79.2 Å². The number of pyridine rings is 1. The predicted octanol–water partition coefficient (Wildman–Crippen LogP) is 1.11. The van der Waals surface area contributed by atoms with Gasteiger partial charge in [-0.25, -0.2) is 0 Å². The molecule has 2 rings (SSSR count). The molecule has 0 fully saturated rings. The van der Waals surface area contributed by atoms with E-state index in [1.54, 1.807) is 7.05 Å². The molecular formula is C14H15N3O2. The second-order valence-electron chi connectivity index (χ2n) is 4.18. The number of nitrogens with two attached hydrogens (primary N) is 1. The van der Waals surface area contributed by atoms with Crippen LogP contribution in [-0.2, 0) is 6.54 Å². The molecule has 1 heterocycles. The van der Waals surface area contributed by atoms with E-state index in [0.29, 0.717) is 12.1 Å². The molecule has 5 nitrogen and oxygen atoms in total. The summed E-state index contributed by atoms with van der Waals surface area (Å²) in [5.41, 5.74) is 7.51. The first-order valence-electron chi connectivity index (χ1n) is 5.87. The third-order valence-corrected chi connectivity index (χ3v) is 2.90. The number of nitrogens with zero attached hydrogens (tertiary/aromatic N) is 1. The molecule has 0 spiro atoms. The summed E-state index contributed by atoms with van der Waals surface area (Å²) in [5, 5.41) is 0. The Hall–Kier alpha value is -2.40. The van der Waals surface area contributed by atoms with Crippen molar-refractivity contribution in [3.05, 3.63) is 64.1 Å². The van der Waals surface area contributed by atoms with Crippen molar-refractivity contribution in [1.29, 1.82) is 0 Å². The van der Waals surface area contributed by atoms with Gasteiger partial charge in [-0.1, -0.05) is 12.1 Å². The lowest BCUT2D eigenvalue weighted by Crippen LogP contribution is -2.26. The third-order valence-electron chi connectivity index (χ3n) is 2.90. The minimum absolute atomic E-state index is 0.184. The maximum Gasteiger partial charge on any atom is 0.259 e. The lowest BCUT2D eigenvalue weighted by molar-refractivity contribution is 0.0992. The zero-order valence-corrected chi connectivity index (χ0v) is 10.6. The van der Waals surface area contributed by atoms with Crippen molar-refractivity contribution >= 4 is 11.6 Å². The fourth-order valence-corrected chi connectivity index (χ4v) is 1.71. The van der Waals surface area contributed by atoms with Crippen LogP contribution >= 0.6 is 0 Å². The molecule has 5 heteroatoms. The van der Waals surface area contributed by atoms with Gasteiger partial charge >= 0.3 is 0 Å². The van der Waals surface area contributed by atoms with Crippen molar-refractivity contribution in [3.63, 3.8) is 0 Å². The number of aromatic amines is 1. The van der Waals surface area contributed by atoms with Crippen LogP contribution in [0.25, 0.3) is 0 Å². The molecule has 19 heavy (non-hydrogen) atoms. The van der Waals surface area contributed by atoms with Gasteiger partial charge in [-0.15, -0.1) is 0 Å². The Morgan fingerprint density at radius 3 is 2.42 bits per heavy atom. The van der Waals surface area contributed by atoms with Gasteiger partial charge in [0.25, 0.3) is 5.91 Å². The third kappa shape index (κ3) is 2.89. The molecular weight excluding hydrogens is 242 g/mol. The van der Waals surface area contributed by atoms with Crippen LogP contribution in [0.4, 0.5) is 5.69 Å². The van der Waals surface area contributed by atoms with E-state index < -0.39 is 0 Å². The quantitative estimate of drug-likeness (QED) is 0.864. The summed E-state index contributed by atoms with van der Waals surface area (Å²) < 4.78 is 0. The number of amides is 1. The Balaban J connectivity index is 2.22. The smallest absolute Gasteiger partial charge is 0.259 e. The van der Waals surface area contributed by atoms with E-state index in [1.807, 2.05) is 24.3 Å². The average Bonchev–Trinajstić information content (AvgIpc) is 2.46. The molecule has 2 aromatic rings. The first-order valence-corrected chi connectivity index (χ1v) is 5.87. The number of carbonyl (C=O) groups excluding carboxylic acids is 1. The van der Waals surface area contributed by atoms with Crippen molar-refractivity contribution in [2.24, 2.45) is 5.73 Å². The molecule has 0 aliphatic rings. The molecule has 3 N–H and O–H groups in total. The Labute approximate surface area is 110 Å². The molecule has 1 amide bonds. The van der Waals surface area contributed by atoms with Gasteiger partial charge in [-0.2, -0.15) is 0 Å². The van der Waals surface area contributed by atoms with Gasteiger partial charge in [-0.3, -0.25) is 9.59 Å². The maximum atomic E-state index is 12.2. The Bertz CT molecular complexity index is 611. The lowest BCUT2D eigenvalue weighted by atomic mass is 10.2. The highest BCUT2D eigenvalue weighted by Crippen LogP contribution is 2.15. The van der Waals surface area contributed by atoms with E-state index in [-0.39, 0.29) is 11.5 Å². The van der Waals surface area contributed by atoms with Crippen LogP contribution in [0.15, 0.2) is 47.4 Å². The number of benzene rings is 1. The number of anilines is 1. The van der Waals surface area contributed by atoms with E-state index in [4.69, 9.17) is 5.73 Å². The largest absolute Gasteiger partial charge is 0.328 e. The highest BCUT2D eigenvalue weighted by molar-refractivity contribution is 6.05. The van der Waals surface area contributed by atoms with Crippen LogP contribution in [0.5, 0.6) is 0 Å². The summed E-state index contributed by atoms with van der Waals surface area (Å²) in [6.45, 7) is 0.470. The van der Waals surface area contributed by atoms with Gasteiger partial charge in [0, 0.05) is 31.5 Å². The second-order valence-corrected chi connectivity index (χ2v) is 4.18. The zero-order valence-electron chi connectivity index (χ0n) is 10.6. The molecule has 0 saturated carbocycles. The standard InChI is InChI=1S/C14H15N3O2/c1-17(12-5-2-10(8-15)3-6-12)14(19)11-4-7-13(18)16-9-11/h2-7,9H,8,15H2,1H3,(H,16,18). The van der Waals surface area contributed by atoms with Crippen molar-refractivity contribution < 1.29 is 4.79 Å². The van der Waals surface area contributed by atoms with Crippen LogP contribution < -0.4 is 16.2 Å². The van der Waals surface area contributed by atoms with Crippen LogP contribution in [0, 0.1) is 0 Å². The fraction of sp³-hybridized carbons (Fsp3) is 0.143. The Kier molecular flexibility index (Phi) is 3.77. The summed E-state index contributed by atoms with van der Waals surface area (Å²) in [4.78, 5) is 27.2. The molecule has 98 valence electrons. The van der Waals surface area contributed by atoms with E-state index in [2.05, 4.69) is 4.98 Å². The predicted molar refractivity (Wildman–Crippen MR) is 74.1 cm³/mol. The number of carbonyl (C=O) groups is 1. The van der Waals surface area contributed by atoms with E-state index in [1.165, 1.54) is 23.2 Å². The Morgan fingerprint density at radius 1 is 1.21 bits per heavy atom. The molecule has 0 radical (unpaired) electrons. The van der Waals surface area contributed by atoms with Crippen molar-refractivity contribution in [2.75, 3.05) is 11.9 Å². The van der Waals surface area contributed by atoms with Gasteiger partial charge in [0.05, 0.1) is 5.56 Å². The van der Waals surface area contributed by atoms with Crippen LogP contribution in [0.2, 0.25) is 0 Å². The van der Waals surface area contributed by atoms with Gasteiger partial charge in [0.15, 0.2) is 0 Å². The van der Waals surface area contributed by atoms with Gasteiger partial charge < -0.3 is 15.6 Å². The molecule has 0 unspecified atom stereocenters. The summed E-state index contributed by atoms with van der Waals surface area (Å²) >= 11 is 0. The molecule has 0 aliphatic carbocycles. The maximum absolute atomic E-state index is 12.2. The molecule has 1 aromatic heterocycles. The van der Waals surface area contributed by atoms with Crippen LogP contribution in [0.1, 0.15) is 15.9 Å². The highest BCUT2D eigenvalue weighted by atomic mass is 16.2. The lowest BCUT2D eigenvalue weighted by Gasteiger charge is -2.17. The molecule has 0 bridgehead atoms. The van der Waals surface area contributed by atoms with Crippen molar-refractivity contribution in [1.82, 2.24) is 4.98 Å². The van der Waals surface area contributed by atoms with Crippen molar-refractivity contribution in [3.8, 4) is 0 Å². The van der Waals surface area contributed by atoms with Crippen LogP contribution in [0.3, 0.4) is 0 Å². The average molecular weight is 257 g/mol. The van der Waals surface area contributed by atoms with E-state index in [0.717, 1.165) is 11.3 Å². The van der Waals surface area contributed by atoms with E-state index >= 15 is 0 Å². The minimum Gasteiger partial charge on any atom is -0.328 e. The number of rotatable bonds is 3. The summed E-state index contributed by atoms with van der Waals surface area (Å²) in [5.74, 6) is -0.184. The van der Waals surface area contributed by atoms with Gasteiger partial charge in [0.1, 0.15) is 0 Å². The SMILES string of the molecule is CN(C(=O)c1ccc(=O)[nH]c1)c1ccc(CN)cc1. The van der Waals surface area contributed by atoms with Gasteiger partial charge in [0.2, 0.25) is 5.56 Å². The zero-order chi connectivity index (χ0) is 13.8. The highest BCUT2D eigenvalue weighted by Gasteiger charge is 2.13. The number of H-pyrrole nitrogens is 1. The van der Waals surface area contributed by atoms with Gasteiger partial charge in [-0.05, 0) is 23.8 Å². The molecule has 1 aromatic carbocycles. The van der Waals surface area contributed by atoms with E-state index in [9.17, 15) is 9.59 Å². The first kappa shape index (κ1) is 13.0. The number of hydrogen-bond acceptors (Lipinski definition) is 3.